The van der Waals surface area contributed by atoms with E-state index in [0.717, 1.165) is 17.7 Å². The van der Waals surface area contributed by atoms with Gasteiger partial charge in [0.25, 0.3) is 0 Å². The Labute approximate surface area is 143 Å². The maximum atomic E-state index is 13.9. The largest absolute Gasteiger partial charge is 0.490 e. The predicted molar refractivity (Wildman–Crippen MR) is 87.3 cm³/mol. The molecule has 5 nitrogen and oxygen atoms in total. The van der Waals surface area contributed by atoms with E-state index in [-0.39, 0.29) is 24.5 Å². The first kappa shape index (κ1) is 17.2. The molecule has 0 saturated heterocycles. The van der Waals surface area contributed by atoms with Gasteiger partial charge in [-0.05, 0) is 12.0 Å². The number of hydrogen-bond acceptors (Lipinski definition) is 3. The average Bonchev–Trinajstić information content (AvgIpc) is 2.97. The second-order valence-electron chi connectivity index (χ2n) is 5.85. The molecule has 3 rings (SSSR count). The lowest BCUT2D eigenvalue weighted by Gasteiger charge is -2.19. The fraction of sp³-hybridized carbons (Fsp3) is 0.278. The maximum absolute atomic E-state index is 13.9. The van der Waals surface area contributed by atoms with Crippen LogP contribution in [0.4, 0.5) is 13.6 Å². The molecule has 0 fully saturated rings. The molecule has 0 aromatic heterocycles. The molecule has 3 N–H and O–H groups in total. The lowest BCUT2D eigenvalue weighted by molar-refractivity contribution is 0.210. The van der Waals surface area contributed by atoms with Crippen molar-refractivity contribution in [1.82, 2.24) is 10.6 Å². The van der Waals surface area contributed by atoms with Crippen LogP contribution in [-0.2, 0) is 6.42 Å². The number of aliphatic hydroxyl groups is 1. The van der Waals surface area contributed by atoms with Crippen molar-refractivity contribution in [2.45, 2.75) is 18.5 Å². The highest BCUT2D eigenvalue weighted by atomic mass is 19.1. The first-order chi connectivity index (χ1) is 12.1. The molecule has 1 aliphatic rings. The zero-order valence-electron chi connectivity index (χ0n) is 13.3. The quantitative estimate of drug-likeness (QED) is 0.777. The van der Waals surface area contributed by atoms with Crippen LogP contribution in [0.2, 0.25) is 0 Å². The van der Waals surface area contributed by atoms with Crippen LogP contribution in [0.5, 0.6) is 5.75 Å². The zero-order valence-corrected chi connectivity index (χ0v) is 13.3. The molecular weight excluding hydrogens is 330 g/mol. The summed E-state index contributed by atoms with van der Waals surface area (Å²) in [6, 6.07) is 9.51. The third-order valence-corrected chi connectivity index (χ3v) is 4.00. The highest BCUT2D eigenvalue weighted by Gasteiger charge is 2.30. The van der Waals surface area contributed by atoms with Crippen molar-refractivity contribution in [2.75, 3.05) is 13.2 Å². The van der Waals surface area contributed by atoms with Crippen molar-refractivity contribution in [1.29, 1.82) is 0 Å². The SMILES string of the molecule is O=C(N[C@H](CO)Cc1ccccc1)N[C@H]1COc2cc(F)cc(F)c21. The van der Waals surface area contributed by atoms with Crippen molar-refractivity contribution in [2.24, 2.45) is 0 Å². The molecule has 7 heteroatoms. The van der Waals surface area contributed by atoms with Crippen molar-refractivity contribution < 1.29 is 23.4 Å². The number of urea groups is 1. The molecule has 0 spiro atoms. The van der Waals surface area contributed by atoms with Gasteiger partial charge in [-0.15, -0.1) is 0 Å². The Balaban J connectivity index is 1.62. The Morgan fingerprint density at radius 2 is 2.04 bits per heavy atom. The third kappa shape index (κ3) is 4.06. The van der Waals surface area contributed by atoms with Crippen molar-refractivity contribution >= 4 is 6.03 Å². The minimum Gasteiger partial charge on any atom is -0.490 e. The molecule has 0 saturated carbocycles. The van der Waals surface area contributed by atoms with Gasteiger partial charge in [-0.2, -0.15) is 0 Å². The second-order valence-corrected chi connectivity index (χ2v) is 5.85. The molecule has 0 aliphatic carbocycles. The Kier molecular flexibility index (Phi) is 5.14. The van der Waals surface area contributed by atoms with Gasteiger partial charge in [-0.1, -0.05) is 30.3 Å². The maximum Gasteiger partial charge on any atom is 0.315 e. The minimum absolute atomic E-state index is 0.0194. The van der Waals surface area contributed by atoms with Gasteiger partial charge in [-0.25, -0.2) is 13.6 Å². The monoisotopic (exact) mass is 348 g/mol. The molecule has 0 radical (unpaired) electrons. The van der Waals surface area contributed by atoms with E-state index < -0.39 is 29.7 Å². The van der Waals surface area contributed by atoms with Gasteiger partial charge in [0.2, 0.25) is 0 Å². The summed E-state index contributed by atoms with van der Waals surface area (Å²) >= 11 is 0. The number of carbonyl (C=O) groups is 1. The van der Waals surface area contributed by atoms with E-state index in [0.29, 0.717) is 6.42 Å². The molecule has 2 aromatic rings. The van der Waals surface area contributed by atoms with Gasteiger partial charge in [0.15, 0.2) is 0 Å². The van der Waals surface area contributed by atoms with Crippen LogP contribution >= 0.6 is 0 Å². The summed E-state index contributed by atoms with van der Waals surface area (Å²) in [5.41, 5.74) is 1.10. The molecule has 2 aromatic carbocycles. The lowest BCUT2D eigenvalue weighted by atomic mass is 10.1. The summed E-state index contributed by atoms with van der Waals surface area (Å²) in [4.78, 5) is 12.2. The molecule has 2 amide bonds. The van der Waals surface area contributed by atoms with Crippen LogP contribution in [0.25, 0.3) is 0 Å². The number of hydrogen-bond donors (Lipinski definition) is 3. The number of ether oxygens (including phenoxy) is 1. The Hall–Kier alpha value is -2.67. The summed E-state index contributed by atoms with van der Waals surface area (Å²) in [5, 5.41) is 14.7. The number of nitrogens with one attached hydrogen (secondary N) is 2. The van der Waals surface area contributed by atoms with Crippen LogP contribution in [0, 0.1) is 11.6 Å². The normalized spacial score (nSPS) is 16.7. The van der Waals surface area contributed by atoms with Gasteiger partial charge in [0.1, 0.15) is 24.0 Å². The molecular formula is C18H18F2N2O3. The minimum atomic E-state index is -0.763. The van der Waals surface area contributed by atoms with Gasteiger partial charge < -0.3 is 20.5 Å². The lowest BCUT2D eigenvalue weighted by Crippen LogP contribution is -2.46. The van der Waals surface area contributed by atoms with E-state index in [1.54, 1.807) is 0 Å². The summed E-state index contributed by atoms with van der Waals surface area (Å²) in [6.45, 7) is -0.217. The van der Waals surface area contributed by atoms with E-state index >= 15 is 0 Å². The van der Waals surface area contributed by atoms with Crippen molar-refractivity contribution in [3.8, 4) is 5.75 Å². The summed E-state index contributed by atoms with van der Waals surface area (Å²) in [6.07, 6.45) is 0.460. The van der Waals surface area contributed by atoms with E-state index in [4.69, 9.17) is 4.74 Å². The van der Waals surface area contributed by atoms with Gasteiger partial charge in [-0.3, -0.25) is 0 Å². The van der Waals surface area contributed by atoms with E-state index in [2.05, 4.69) is 10.6 Å². The van der Waals surface area contributed by atoms with Gasteiger partial charge >= 0.3 is 6.03 Å². The number of aliphatic hydroxyl groups excluding tert-OH is 1. The first-order valence-corrected chi connectivity index (χ1v) is 7.90. The number of amides is 2. The van der Waals surface area contributed by atoms with Crippen LogP contribution in [0.15, 0.2) is 42.5 Å². The highest BCUT2D eigenvalue weighted by Crippen LogP contribution is 2.35. The van der Waals surface area contributed by atoms with Gasteiger partial charge in [0.05, 0.1) is 24.3 Å². The van der Waals surface area contributed by atoms with E-state index in [1.807, 2.05) is 30.3 Å². The van der Waals surface area contributed by atoms with Crippen molar-refractivity contribution in [3.05, 3.63) is 65.2 Å². The predicted octanol–water partition coefficient (Wildman–Crippen LogP) is 2.30. The Morgan fingerprint density at radius 3 is 2.76 bits per heavy atom. The molecule has 2 atom stereocenters. The molecule has 0 unspecified atom stereocenters. The fourth-order valence-corrected chi connectivity index (χ4v) is 2.83. The Morgan fingerprint density at radius 1 is 1.28 bits per heavy atom. The highest BCUT2D eigenvalue weighted by molar-refractivity contribution is 5.75. The third-order valence-electron chi connectivity index (χ3n) is 4.00. The number of halogens is 2. The van der Waals surface area contributed by atoms with E-state index in [1.165, 1.54) is 0 Å². The van der Waals surface area contributed by atoms with Crippen LogP contribution < -0.4 is 15.4 Å². The number of carbonyl (C=O) groups excluding carboxylic acids is 1. The Bertz CT molecular complexity index is 755. The van der Waals surface area contributed by atoms with Gasteiger partial charge in [0, 0.05) is 12.1 Å². The molecule has 1 heterocycles. The summed E-state index contributed by atoms with van der Waals surface area (Å²) < 4.78 is 32.4. The smallest absolute Gasteiger partial charge is 0.315 e. The zero-order chi connectivity index (χ0) is 17.8. The first-order valence-electron chi connectivity index (χ1n) is 7.90. The topological polar surface area (TPSA) is 70.6 Å². The number of rotatable bonds is 5. The standard InChI is InChI=1S/C18H18F2N2O3/c19-12-7-14(20)17-15(10-25-16(17)8-12)22-18(24)21-13(9-23)6-11-4-2-1-3-5-11/h1-5,7-8,13,15,23H,6,9-10H2,(H2,21,22,24)/t13-,15-/m0/s1. The summed E-state index contributed by atoms with van der Waals surface area (Å²) in [7, 11) is 0. The van der Waals surface area contributed by atoms with E-state index in [9.17, 15) is 18.7 Å². The van der Waals surface area contributed by atoms with Crippen LogP contribution in [-0.4, -0.2) is 30.4 Å². The summed E-state index contributed by atoms with van der Waals surface area (Å²) in [5.74, 6) is -1.41. The fourth-order valence-electron chi connectivity index (χ4n) is 2.83. The number of fused-ring (bicyclic) bond motifs is 1. The molecule has 0 bridgehead atoms. The molecule has 1 aliphatic heterocycles. The average molecular weight is 348 g/mol. The molecule has 25 heavy (non-hydrogen) atoms. The van der Waals surface area contributed by atoms with Crippen molar-refractivity contribution in [3.63, 3.8) is 0 Å². The van der Waals surface area contributed by atoms with Crippen LogP contribution in [0.1, 0.15) is 17.2 Å². The molecule has 132 valence electrons. The van der Waals surface area contributed by atoms with Crippen LogP contribution in [0.3, 0.4) is 0 Å². The number of benzene rings is 2. The second kappa shape index (κ2) is 7.48.